The number of benzene rings is 10. The molecule has 37 heteroatoms. The van der Waals surface area contributed by atoms with Gasteiger partial charge in [0.15, 0.2) is 0 Å². The first kappa shape index (κ1) is 129. The fourth-order valence-electron chi connectivity index (χ4n) is 12.2. The van der Waals surface area contributed by atoms with Crippen molar-refractivity contribution in [3.05, 3.63) is 343 Å². The number of aromatic carboxylic acids is 1. The van der Waals surface area contributed by atoms with Crippen LogP contribution in [-0.4, -0.2) is 177 Å². The molecule has 1 aliphatic rings. The maximum Gasteiger partial charge on any atom is 0.407 e. The van der Waals surface area contributed by atoms with Crippen LogP contribution in [0.25, 0.3) is 11.1 Å². The second-order valence-corrected chi connectivity index (χ2v) is 31.6. The highest BCUT2D eigenvalue weighted by atomic mass is 35.5. The number of halogens is 3. The number of methoxy groups -OCH3 is 3. The number of amides is 7. The third kappa shape index (κ3) is 46.4. The van der Waals surface area contributed by atoms with Crippen LogP contribution >= 0.6 is 37.2 Å². The molecule has 4 atom stereocenters. The molecule has 10 aromatic rings. The summed E-state index contributed by atoms with van der Waals surface area (Å²) in [6, 6.07) is 69.2. The zero-order chi connectivity index (χ0) is 104. The number of hydrogen-bond donors (Lipinski definition) is 15. The normalized spacial score (nSPS) is 11.0. The summed E-state index contributed by atoms with van der Waals surface area (Å²) in [5, 5.41) is 52.5. The summed E-state index contributed by atoms with van der Waals surface area (Å²) >= 11 is 0. The summed E-state index contributed by atoms with van der Waals surface area (Å²) in [5.41, 5.74) is 43.5. The van der Waals surface area contributed by atoms with Crippen LogP contribution in [0.5, 0.6) is 0 Å². The number of fused-ring (bicyclic) bond motifs is 3. The van der Waals surface area contributed by atoms with Crippen molar-refractivity contribution in [2.24, 2.45) is 33.7 Å². The van der Waals surface area contributed by atoms with Crippen LogP contribution in [0.15, 0.2) is 248 Å². The van der Waals surface area contributed by atoms with E-state index in [0.717, 1.165) is 83.5 Å². The van der Waals surface area contributed by atoms with Crippen molar-refractivity contribution < 1.29 is 102 Å². The van der Waals surface area contributed by atoms with Crippen molar-refractivity contribution in [2.45, 2.75) is 138 Å². The Morgan fingerprint density at radius 1 is 0.429 bits per heavy atom. The molecule has 0 aliphatic heterocycles. The molecule has 0 spiro atoms. The lowest BCUT2D eigenvalue weighted by Crippen LogP contribution is -2.50. The quantitative estimate of drug-likeness (QED) is 0.00412. The lowest BCUT2D eigenvalue weighted by atomic mass is 9.98. The van der Waals surface area contributed by atoms with Crippen molar-refractivity contribution in [3.8, 4) is 58.5 Å². The van der Waals surface area contributed by atoms with Gasteiger partial charge < -0.3 is 99.6 Å². The van der Waals surface area contributed by atoms with Gasteiger partial charge in [-0.25, -0.2) is 24.7 Å². The standard InChI is InChI=1S/C35H31N3O5.C23H25N3O4.C21H23N5O4.C21H21NO4.C5H11NO2.C3H6O2.2CH4.3ClH/c1-42-34(40)32(38-33(39)26-18-16-24(17-19-26)11-10-23-12-14-25(20-36)15-13-23)21-37-35(41)43-22-31-29-8-4-2-6-27(29)28-7-3-5-9-30(28)31;1-3-20(23(29)30-2)26-22(28)19-12-10-17(11-13-19)5-4-16-6-8-18(9-7-16)15-25-21(27)14-24;22-11-18(21(29)26-30)25-20(28)17-9-7-15(8-10-17)2-1-14-3-5-16(6-4-14)13-24-19(27)12-23;1-21(2,3)26-20(25)22-14-17-8-6-15(7-9-17)4-5-16-10-12-18(13-11-16)19(23)24;1-3-4(6)5(7)8-2;1-2-3(4)5;;;;;/h2-9,12-19,31-32H,20-22,36H2,1H3,(H,37,41)(H,38,39);6-13,20H,3,14-15,24H2,1-2H3,(H,25,27)(H,26,28);3-10,18,30H,11-13,22-23H2,(H,24,27)(H,25,28)(H,26,29);6-13H,14H2,1-3H3,(H,22,25)(H,23,24);4H,3,6H2,1-2H3;2H2,1H3,(H,4,5);2*1H4;3*1H/p-1/t32-;20-;18-;;4-;;;;;;/m000.0....../s1. The molecule has 780 valence electrons. The van der Waals surface area contributed by atoms with E-state index in [2.05, 4.69) is 106 Å². The van der Waals surface area contributed by atoms with Gasteiger partial charge in [0.1, 0.15) is 36.9 Å². The summed E-state index contributed by atoms with van der Waals surface area (Å²) in [6.07, 6.45) is 0.0177. The van der Waals surface area contributed by atoms with Gasteiger partial charge in [-0.2, -0.15) is 0 Å². The minimum Gasteiger partial charge on any atom is -0.595 e. The third-order valence-corrected chi connectivity index (χ3v) is 20.2. The van der Waals surface area contributed by atoms with Crippen molar-refractivity contribution >= 4 is 115 Å². The molecule has 0 heterocycles. The molecule has 0 radical (unpaired) electrons. The summed E-state index contributed by atoms with van der Waals surface area (Å²) in [4.78, 5) is 142. The van der Waals surface area contributed by atoms with Crippen LogP contribution in [0, 0.1) is 47.4 Å². The molecule has 0 saturated heterocycles. The van der Waals surface area contributed by atoms with E-state index in [1.807, 2.05) is 140 Å². The van der Waals surface area contributed by atoms with E-state index in [1.165, 1.54) is 38.9 Å². The van der Waals surface area contributed by atoms with Crippen molar-refractivity contribution in [3.63, 3.8) is 0 Å². The highest BCUT2D eigenvalue weighted by molar-refractivity contribution is 5.99. The van der Waals surface area contributed by atoms with Gasteiger partial charge in [-0.15, -0.1) is 37.2 Å². The highest BCUT2D eigenvalue weighted by Gasteiger charge is 2.31. The molecular weight excluding hydrogens is 1950 g/mol. The Kier molecular flexibility index (Phi) is 60.3. The number of hydroxylamine groups is 1. The first-order valence-corrected chi connectivity index (χ1v) is 44.6. The number of nitrogens with one attached hydrogen (secondary N) is 7. The van der Waals surface area contributed by atoms with Crippen LogP contribution < -0.4 is 71.2 Å². The summed E-state index contributed by atoms with van der Waals surface area (Å²) < 4.78 is 24.5. The molecule has 11 rings (SSSR count). The number of esters is 3. The van der Waals surface area contributed by atoms with Crippen LogP contribution in [0.3, 0.4) is 0 Å². The lowest BCUT2D eigenvalue weighted by molar-refractivity contribution is -0.260. The zero-order valence-electron chi connectivity index (χ0n) is 81.2. The number of carboxylic acids is 2. The van der Waals surface area contributed by atoms with Gasteiger partial charge in [0, 0.05) is 105 Å². The fraction of sp³-hybridized carbons (Fsp3) is 0.264. The van der Waals surface area contributed by atoms with Gasteiger partial charge in [0.2, 0.25) is 11.8 Å². The molecule has 0 saturated carbocycles. The summed E-state index contributed by atoms with van der Waals surface area (Å²) in [6.45, 7) is 11.8. The number of rotatable bonds is 28. The van der Waals surface area contributed by atoms with Gasteiger partial charge in [-0.3, -0.25) is 48.6 Å². The Labute approximate surface area is 875 Å². The Hall–Kier alpha value is -16.2. The van der Waals surface area contributed by atoms with Crippen molar-refractivity contribution in [2.75, 3.05) is 54.1 Å². The molecular formula is C110H127Cl3N13O21-. The predicted molar refractivity (Wildman–Crippen MR) is 568 cm³/mol. The number of nitrogens with two attached hydrogens (primary N) is 5. The first-order chi connectivity index (χ1) is 68.1. The second kappa shape index (κ2) is 68.9. The predicted octanol–water partition coefficient (Wildman–Crippen LogP) is 10.7. The van der Waals surface area contributed by atoms with Gasteiger partial charge in [0.05, 0.1) is 53.1 Å². The van der Waals surface area contributed by atoms with E-state index < -0.39 is 83.5 Å². The van der Waals surface area contributed by atoms with Crippen LogP contribution in [-0.2, 0) is 83.4 Å². The third-order valence-electron chi connectivity index (χ3n) is 20.2. The number of carboxylic acid groups (broad SMARTS) is 2. The topological polar surface area (TPSA) is 561 Å². The Bertz CT molecular complexity index is 6030. The number of carbonyl (C=O) groups is 12. The average molecular weight is 2070 g/mol. The maximum absolute atomic E-state index is 12.9. The minimum absolute atomic E-state index is 0. The SMILES string of the molecule is C.C.CC(C)(C)OC([O-])=NCc1ccc(C#Cc2ccc(C(=O)O)cc2)cc1.CCC(=O)O.CC[C@H](N)C(=O)OC.CC[C@H](NC(=O)c1ccc(C#Cc2ccc(CNC(=O)CN)cc2)cc1)C(=O)OC.COC(=O)[C@H](CNC(=O)OCC1c2ccccc2-c2ccccc21)NC(=O)c1ccc(C#Cc2ccc(CN)cc2)cc1.Cl.Cl.Cl.NCC(=O)NCc1ccc(C#Cc2ccc(C(=O)N[C@@H](CN)C(=O)NO)cc2)cc1. The lowest BCUT2D eigenvalue weighted by Gasteiger charge is -2.29. The highest BCUT2D eigenvalue weighted by Crippen LogP contribution is 2.44. The van der Waals surface area contributed by atoms with Gasteiger partial charge >= 0.3 is 35.9 Å². The molecule has 0 unspecified atom stereocenters. The molecule has 7 amide bonds. The van der Waals surface area contributed by atoms with Crippen LogP contribution in [0.4, 0.5) is 4.79 Å². The molecule has 0 aromatic heterocycles. The number of carbonyl (C=O) groups excluding carboxylic acids is 10. The summed E-state index contributed by atoms with van der Waals surface area (Å²) in [5.74, 6) is 18.4. The van der Waals surface area contributed by atoms with Gasteiger partial charge in [-0.1, -0.05) is 201 Å². The van der Waals surface area contributed by atoms with Crippen LogP contribution in [0.2, 0.25) is 0 Å². The number of alkyl carbamates (subject to hydrolysis) is 1. The molecule has 1 aliphatic carbocycles. The number of hydrogen-bond acceptors (Lipinski definition) is 25. The van der Waals surface area contributed by atoms with Gasteiger partial charge in [-0.05, 0) is 203 Å². The molecule has 0 fully saturated rings. The van der Waals surface area contributed by atoms with E-state index in [4.69, 9.17) is 58.3 Å². The van der Waals surface area contributed by atoms with E-state index in [-0.39, 0.29) is 133 Å². The number of ether oxygens (including phenoxy) is 5. The Balaban J connectivity index is 0.000000943. The molecule has 0 bridgehead atoms. The maximum atomic E-state index is 12.9. The smallest absolute Gasteiger partial charge is 0.407 e. The van der Waals surface area contributed by atoms with Gasteiger partial charge in [0.25, 0.3) is 23.6 Å². The van der Waals surface area contributed by atoms with E-state index >= 15 is 0 Å². The second-order valence-electron chi connectivity index (χ2n) is 31.6. The first-order valence-electron chi connectivity index (χ1n) is 44.6. The molecule has 147 heavy (non-hydrogen) atoms. The number of nitrogens with zero attached hydrogens (tertiary/aromatic N) is 1. The minimum atomic E-state index is -1.12. The monoisotopic (exact) mass is 2070 g/mol. The average Bonchev–Trinajstić information content (AvgIpc) is 1.61. The number of aliphatic carboxylic acids is 1. The van der Waals surface area contributed by atoms with Crippen molar-refractivity contribution in [1.82, 2.24) is 37.4 Å². The van der Waals surface area contributed by atoms with E-state index in [0.29, 0.717) is 54.7 Å². The van der Waals surface area contributed by atoms with Crippen LogP contribution in [0.1, 0.15) is 201 Å². The molecule has 34 nitrogen and oxygen atoms in total. The Morgan fingerprint density at radius 3 is 1.05 bits per heavy atom. The molecule has 10 aromatic carbocycles. The largest absolute Gasteiger partial charge is 0.595 e. The fourth-order valence-corrected chi connectivity index (χ4v) is 12.2. The molecule has 20 N–H and O–H groups in total. The van der Waals surface area contributed by atoms with Crippen molar-refractivity contribution in [1.29, 1.82) is 0 Å². The summed E-state index contributed by atoms with van der Waals surface area (Å²) in [7, 11) is 3.83. The number of aliphatic imine (C=N–C) groups is 1. The Morgan fingerprint density at radius 2 is 0.748 bits per heavy atom. The van der Waals surface area contributed by atoms with E-state index in [9.17, 15) is 62.6 Å². The van der Waals surface area contributed by atoms with E-state index in [1.54, 1.807) is 120 Å². The zero-order valence-corrected chi connectivity index (χ0v) is 83.7.